The molecule has 3 heterocycles. The molecule has 4 aliphatic rings. The van der Waals surface area contributed by atoms with Crippen LogP contribution in [0.2, 0.25) is 0 Å². The number of thioether (sulfide) groups is 1. The second kappa shape index (κ2) is 5.97. The highest BCUT2D eigenvalue weighted by molar-refractivity contribution is 8.00. The summed E-state index contributed by atoms with van der Waals surface area (Å²) in [5.74, 6) is -2.66. The van der Waals surface area contributed by atoms with Crippen LogP contribution in [-0.2, 0) is 19.8 Å². The molecule has 7 atom stereocenters. The van der Waals surface area contributed by atoms with Crippen molar-refractivity contribution in [1.29, 1.82) is 0 Å². The van der Waals surface area contributed by atoms with E-state index >= 15 is 0 Å². The number of hydrogen-bond donors (Lipinski definition) is 2. The first-order valence-electron chi connectivity index (χ1n) is 10.1. The number of carboxylic acids is 1. The minimum absolute atomic E-state index is 0.0406. The number of aromatic nitrogens is 1. The molecule has 9 heteroatoms. The molecular weight excluding hydrogens is 412 g/mol. The Hall–Kier alpha value is -1.61. The number of aromatic amines is 1. The van der Waals surface area contributed by atoms with Gasteiger partial charge in [-0.3, -0.25) is 19.3 Å². The lowest BCUT2D eigenvalue weighted by atomic mass is 9.64. The Morgan fingerprint density at radius 2 is 1.79 bits per heavy atom. The summed E-state index contributed by atoms with van der Waals surface area (Å²) in [4.78, 5) is 55.4. The molecule has 0 radical (unpaired) electrons. The molecule has 2 N–H and O–H groups in total. The van der Waals surface area contributed by atoms with E-state index in [1.54, 1.807) is 25.6 Å². The van der Waals surface area contributed by atoms with Gasteiger partial charge in [0.2, 0.25) is 11.8 Å². The van der Waals surface area contributed by atoms with Crippen molar-refractivity contribution in [2.75, 3.05) is 0 Å². The van der Waals surface area contributed by atoms with Crippen molar-refractivity contribution >= 4 is 40.9 Å². The molecule has 2 saturated carbocycles. The van der Waals surface area contributed by atoms with Gasteiger partial charge in [0.25, 0.3) is 0 Å². The van der Waals surface area contributed by atoms with Crippen LogP contribution in [0.5, 0.6) is 0 Å². The SMILES string of the molecule is CC(C)[C@H](C(=O)O)N1C(=O)C2C3CC(C2C1=O)C1C3Sc2[nH]c(=O)sc2C1(C)C. The molecular formula is C20H24N2O5S2. The Morgan fingerprint density at radius 1 is 1.17 bits per heavy atom. The van der Waals surface area contributed by atoms with Gasteiger partial charge >= 0.3 is 10.8 Å². The van der Waals surface area contributed by atoms with Crippen LogP contribution in [0.15, 0.2) is 9.82 Å². The third-order valence-corrected chi connectivity index (χ3v) is 10.4. The van der Waals surface area contributed by atoms with Gasteiger partial charge < -0.3 is 10.1 Å². The summed E-state index contributed by atoms with van der Waals surface area (Å²) in [5.41, 5.74) is -0.263. The maximum Gasteiger partial charge on any atom is 0.327 e. The van der Waals surface area contributed by atoms with Gasteiger partial charge in [-0.1, -0.05) is 39.0 Å². The summed E-state index contributed by atoms with van der Waals surface area (Å²) in [7, 11) is 0. The number of amides is 2. The van der Waals surface area contributed by atoms with E-state index < -0.39 is 23.8 Å². The highest BCUT2D eigenvalue weighted by Gasteiger charge is 2.71. The number of rotatable bonds is 3. The molecule has 2 aliphatic carbocycles. The molecule has 2 amide bonds. The Kier molecular flexibility index (Phi) is 3.98. The number of fused-ring (bicyclic) bond motifs is 9. The zero-order valence-electron chi connectivity index (χ0n) is 16.7. The molecule has 3 fully saturated rings. The maximum absolute atomic E-state index is 13.4. The third kappa shape index (κ3) is 2.31. The van der Waals surface area contributed by atoms with E-state index in [4.69, 9.17) is 0 Å². The highest BCUT2D eigenvalue weighted by atomic mass is 32.2. The molecule has 0 aromatic carbocycles. The minimum atomic E-state index is -1.12. The standard InChI is InChI=1S/C20H24N2O5S2/c1-6(2)12(18(25)26)22-16(23)9-7-5-8(10(9)17(22)24)13-11(7)20(3,4)14-15(28-13)21-19(27)29-14/h6-13H,5H2,1-4H3,(H,21,27)(H,25,26)/t7?,8?,9?,10?,11?,12-,13?/m1/s1. The predicted molar refractivity (Wildman–Crippen MR) is 108 cm³/mol. The Balaban J connectivity index is 1.56. The average molecular weight is 437 g/mol. The largest absolute Gasteiger partial charge is 0.480 e. The average Bonchev–Trinajstić information content (AvgIpc) is 3.32. The van der Waals surface area contributed by atoms with Gasteiger partial charge in [0.1, 0.15) is 6.04 Å². The van der Waals surface area contributed by atoms with E-state index in [9.17, 15) is 24.3 Å². The van der Waals surface area contributed by atoms with Crippen molar-refractivity contribution in [1.82, 2.24) is 9.88 Å². The first-order chi connectivity index (χ1) is 13.6. The van der Waals surface area contributed by atoms with Crippen molar-refractivity contribution in [2.45, 2.75) is 55.8 Å². The lowest BCUT2D eigenvalue weighted by Gasteiger charge is -2.47. The van der Waals surface area contributed by atoms with Gasteiger partial charge in [0, 0.05) is 15.5 Å². The monoisotopic (exact) mass is 436 g/mol. The topological polar surface area (TPSA) is 108 Å². The number of nitrogens with zero attached hydrogens (tertiary/aromatic N) is 1. The zero-order chi connectivity index (χ0) is 21.0. The number of imide groups is 1. The fraction of sp³-hybridized carbons (Fsp3) is 0.700. The molecule has 6 unspecified atom stereocenters. The maximum atomic E-state index is 13.4. The number of carbonyl (C=O) groups is 3. The van der Waals surface area contributed by atoms with Crippen LogP contribution in [0.25, 0.3) is 0 Å². The van der Waals surface area contributed by atoms with Crippen LogP contribution < -0.4 is 4.87 Å². The molecule has 156 valence electrons. The van der Waals surface area contributed by atoms with Crippen LogP contribution in [0.1, 0.15) is 39.0 Å². The Bertz CT molecular complexity index is 995. The van der Waals surface area contributed by atoms with Crippen molar-refractivity contribution in [3.05, 3.63) is 14.5 Å². The molecule has 2 bridgehead atoms. The van der Waals surface area contributed by atoms with Gasteiger partial charge in [0.15, 0.2) is 0 Å². The number of thiazole rings is 1. The number of H-pyrrole nitrogens is 1. The third-order valence-electron chi connectivity index (χ3n) is 7.59. The molecule has 0 spiro atoms. The van der Waals surface area contributed by atoms with Crippen LogP contribution in [0.3, 0.4) is 0 Å². The van der Waals surface area contributed by atoms with E-state index in [1.165, 1.54) is 11.3 Å². The van der Waals surface area contributed by atoms with Crippen molar-refractivity contribution < 1.29 is 19.5 Å². The summed E-state index contributed by atoms with van der Waals surface area (Å²) >= 11 is 2.89. The van der Waals surface area contributed by atoms with Crippen LogP contribution in [0.4, 0.5) is 0 Å². The summed E-state index contributed by atoms with van der Waals surface area (Å²) < 4.78 is 0. The molecule has 1 aromatic heterocycles. The van der Waals surface area contributed by atoms with Gasteiger partial charge in [-0.2, -0.15) is 0 Å². The van der Waals surface area contributed by atoms with Crippen LogP contribution in [-0.4, -0.2) is 44.1 Å². The summed E-state index contributed by atoms with van der Waals surface area (Å²) in [6, 6.07) is -1.11. The fourth-order valence-electron chi connectivity index (χ4n) is 6.64. The van der Waals surface area contributed by atoms with Gasteiger partial charge in [-0.25, -0.2) is 4.79 Å². The van der Waals surface area contributed by atoms with Gasteiger partial charge in [0.05, 0.1) is 16.9 Å². The molecule has 7 nitrogen and oxygen atoms in total. The number of nitrogens with one attached hydrogen (secondary N) is 1. The summed E-state index contributed by atoms with van der Waals surface area (Å²) in [6.07, 6.45) is 0.824. The van der Waals surface area contributed by atoms with E-state index in [2.05, 4.69) is 18.8 Å². The van der Waals surface area contributed by atoms with Crippen molar-refractivity contribution in [3.63, 3.8) is 0 Å². The van der Waals surface area contributed by atoms with E-state index in [0.717, 1.165) is 21.2 Å². The molecule has 5 rings (SSSR count). The lowest BCUT2D eigenvalue weighted by Crippen LogP contribution is -2.49. The highest BCUT2D eigenvalue weighted by Crippen LogP contribution is 2.69. The molecule has 29 heavy (non-hydrogen) atoms. The van der Waals surface area contributed by atoms with Crippen molar-refractivity contribution in [2.24, 2.45) is 35.5 Å². The van der Waals surface area contributed by atoms with Gasteiger partial charge in [-0.05, 0) is 30.1 Å². The van der Waals surface area contributed by atoms with E-state index in [1.807, 2.05) is 0 Å². The molecule has 1 aromatic rings. The first kappa shape index (κ1) is 19.4. The molecule has 1 saturated heterocycles. The van der Waals surface area contributed by atoms with Crippen LogP contribution >= 0.6 is 23.1 Å². The van der Waals surface area contributed by atoms with Crippen molar-refractivity contribution in [3.8, 4) is 0 Å². The number of hydrogen-bond acceptors (Lipinski definition) is 6. The Morgan fingerprint density at radius 3 is 2.38 bits per heavy atom. The predicted octanol–water partition coefficient (Wildman–Crippen LogP) is 2.16. The normalized spacial score (nSPS) is 37.6. The second-order valence-electron chi connectivity index (χ2n) is 9.69. The lowest BCUT2D eigenvalue weighted by molar-refractivity contribution is -0.157. The summed E-state index contributed by atoms with van der Waals surface area (Å²) in [5, 5.41) is 10.7. The van der Waals surface area contributed by atoms with Gasteiger partial charge in [-0.15, -0.1) is 11.8 Å². The minimum Gasteiger partial charge on any atom is -0.480 e. The number of carboxylic acid groups (broad SMARTS) is 1. The van der Waals surface area contributed by atoms with E-state index in [0.29, 0.717) is 0 Å². The fourth-order valence-corrected chi connectivity index (χ4v) is 9.80. The number of aliphatic carboxylic acids is 1. The smallest absolute Gasteiger partial charge is 0.327 e. The van der Waals surface area contributed by atoms with Crippen LogP contribution in [0, 0.1) is 35.5 Å². The number of carbonyl (C=O) groups excluding carboxylic acids is 2. The first-order valence-corrected chi connectivity index (χ1v) is 11.7. The number of likely N-dealkylation sites (tertiary alicyclic amines) is 1. The molecule has 2 aliphatic heterocycles. The second-order valence-corrected chi connectivity index (χ2v) is 11.9. The summed E-state index contributed by atoms with van der Waals surface area (Å²) in [6.45, 7) is 7.73. The zero-order valence-corrected chi connectivity index (χ0v) is 18.3. The quantitative estimate of drug-likeness (QED) is 0.703. The van der Waals surface area contributed by atoms with E-state index in [-0.39, 0.29) is 51.0 Å². The Labute approximate surface area is 176 Å².